The predicted molar refractivity (Wildman–Crippen MR) is 79.7 cm³/mol. The summed E-state index contributed by atoms with van der Waals surface area (Å²) in [5.41, 5.74) is 0. The van der Waals surface area contributed by atoms with Crippen molar-refractivity contribution in [2.24, 2.45) is 5.92 Å². The molecule has 2 N–H and O–H groups in total. The van der Waals surface area contributed by atoms with E-state index in [1.807, 2.05) is 6.07 Å². The second kappa shape index (κ2) is 6.70. The SMILES string of the molecule is CC(C)N(C)c1cc(NCC2CCCNC2)ncn1. The summed E-state index contributed by atoms with van der Waals surface area (Å²) in [6, 6.07) is 2.46. The molecule has 0 aromatic carbocycles. The first kappa shape index (κ1) is 14.1. The average Bonchev–Trinajstić information content (AvgIpc) is 2.45. The van der Waals surface area contributed by atoms with Gasteiger partial charge in [0.05, 0.1) is 0 Å². The molecular formula is C14H25N5. The minimum Gasteiger partial charge on any atom is -0.370 e. The van der Waals surface area contributed by atoms with Gasteiger partial charge in [0.1, 0.15) is 18.0 Å². The van der Waals surface area contributed by atoms with Gasteiger partial charge >= 0.3 is 0 Å². The first-order valence-electron chi connectivity index (χ1n) is 7.16. The number of nitrogens with zero attached hydrogens (tertiary/aromatic N) is 3. The maximum atomic E-state index is 4.32. The number of anilines is 2. The molecule has 2 heterocycles. The summed E-state index contributed by atoms with van der Waals surface area (Å²) in [5.74, 6) is 2.59. The van der Waals surface area contributed by atoms with Gasteiger partial charge in [0.25, 0.3) is 0 Å². The highest BCUT2D eigenvalue weighted by atomic mass is 15.2. The lowest BCUT2D eigenvalue weighted by molar-refractivity contribution is 0.392. The predicted octanol–water partition coefficient (Wildman–Crippen LogP) is 1.73. The third-order valence-electron chi connectivity index (χ3n) is 3.76. The van der Waals surface area contributed by atoms with Gasteiger partial charge in [-0.2, -0.15) is 0 Å². The Kier molecular flexibility index (Phi) is 4.96. The fourth-order valence-electron chi connectivity index (χ4n) is 2.25. The van der Waals surface area contributed by atoms with Gasteiger partial charge in [0, 0.05) is 25.7 Å². The summed E-state index contributed by atoms with van der Waals surface area (Å²) >= 11 is 0. The molecule has 0 bridgehead atoms. The van der Waals surface area contributed by atoms with E-state index in [9.17, 15) is 0 Å². The average molecular weight is 263 g/mol. The Bertz CT molecular complexity index is 387. The topological polar surface area (TPSA) is 53.1 Å². The molecule has 0 aliphatic carbocycles. The van der Waals surface area contributed by atoms with Crippen LogP contribution in [0.15, 0.2) is 12.4 Å². The summed E-state index contributed by atoms with van der Waals surface area (Å²) in [5, 5.41) is 6.87. The van der Waals surface area contributed by atoms with Crippen LogP contribution in [0.1, 0.15) is 26.7 Å². The van der Waals surface area contributed by atoms with E-state index in [0.29, 0.717) is 12.0 Å². The number of piperidine rings is 1. The van der Waals surface area contributed by atoms with Gasteiger partial charge in [-0.25, -0.2) is 9.97 Å². The lowest BCUT2D eigenvalue weighted by Gasteiger charge is -2.24. The Morgan fingerprint density at radius 2 is 2.32 bits per heavy atom. The summed E-state index contributed by atoms with van der Waals surface area (Å²) < 4.78 is 0. The highest BCUT2D eigenvalue weighted by Gasteiger charge is 2.13. The van der Waals surface area contributed by atoms with Crippen molar-refractivity contribution in [1.29, 1.82) is 0 Å². The minimum atomic E-state index is 0.435. The summed E-state index contributed by atoms with van der Waals surface area (Å²) in [6.07, 6.45) is 4.21. The van der Waals surface area contributed by atoms with Crippen LogP contribution in [-0.2, 0) is 0 Å². The Labute approximate surface area is 115 Å². The summed E-state index contributed by atoms with van der Waals surface area (Å²) in [7, 11) is 2.06. The molecule has 1 aromatic rings. The van der Waals surface area contributed by atoms with Gasteiger partial charge in [-0.05, 0) is 45.7 Å². The molecule has 0 saturated carbocycles. The fourth-order valence-corrected chi connectivity index (χ4v) is 2.25. The first-order chi connectivity index (χ1) is 9.16. The van der Waals surface area contributed by atoms with Crippen LogP contribution in [0.3, 0.4) is 0 Å². The van der Waals surface area contributed by atoms with E-state index in [1.165, 1.54) is 12.8 Å². The van der Waals surface area contributed by atoms with Gasteiger partial charge < -0.3 is 15.5 Å². The van der Waals surface area contributed by atoms with E-state index in [4.69, 9.17) is 0 Å². The molecule has 1 aliphatic rings. The molecule has 1 aromatic heterocycles. The monoisotopic (exact) mass is 263 g/mol. The third-order valence-corrected chi connectivity index (χ3v) is 3.76. The van der Waals surface area contributed by atoms with Crippen molar-refractivity contribution in [2.45, 2.75) is 32.7 Å². The van der Waals surface area contributed by atoms with Gasteiger partial charge in [0.15, 0.2) is 0 Å². The van der Waals surface area contributed by atoms with E-state index in [-0.39, 0.29) is 0 Å². The first-order valence-corrected chi connectivity index (χ1v) is 7.16. The molecule has 1 atom stereocenters. The van der Waals surface area contributed by atoms with Gasteiger partial charge in [0.2, 0.25) is 0 Å². The Morgan fingerprint density at radius 1 is 1.47 bits per heavy atom. The van der Waals surface area contributed by atoms with Gasteiger partial charge in [-0.15, -0.1) is 0 Å². The van der Waals surface area contributed by atoms with Gasteiger partial charge in [-0.3, -0.25) is 0 Å². The maximum Gasteiger partial charge on any atom is 0.134 e. The molecule has 1 saturated heterocycles. The zero-order valence-electron chi connectivity index (χ0n) is 12.2. The van der Waals surface area contributed by atoms with Crippen molar-refractivity contribution in [3.63, 3.8) is 0 Å². The molecule has 0 radical (unpaired) electrons. The van der Waals surface area contributed by atoms with Crippen LogP contribution in [0.25, 0.3) is 0 Å². The van der Waals surface area contributed by atoms with Gasteiger partial charge in [-0.1, -0.05) is 0 Å². The molecule has 5 nitrogen and oxygen atoms in total. The zero-order chi connectivity index (χ0) is 13.7. The highest BCUT2D eigenvalue weighted by molar-refractivity contribution is 5.48. The lowest BCUT2D eigenvalue weighted by atomic mass is 10.00. The molecule has 0 amide bonds. The Morgan fingerprint density at radius 3 is 3.00 bits per heavy atom. The minimum absolute atomic E-state index is 0.435. The zero-order valence-corrected chi connectivity index (χ0v) is 12.2. The van der Waals surface area contributed by atoms with Crippen LogP contribution in [0, 0.1) is 5.92 Å². The van der Waals surface area contributed by atoms with Crippen molar-refractivity contribution < 1.29 is 0 Å². The molecule has 5 heteroatoms. The molecule has 0 spiro atoms. The Hall–Kier alpha value is -1.36. The summed E-state index contributed by atoms with van der Waals surface area (Å²) in [6.45, 7) is 7.56. The van der Waals surface area contributed by atoms with E-state index >= 15 is 0 Å². The number of hydrogen-bond acceptors (Lipinski definition) is 5. The van der Waals surface area contributed by atoms with Crippen molar-refractivity contribution in [2.75, 3.05) is 36.9 Å². The fraction of sp³-hybridized carbons (Fsp3) is 0.714. The van der Waals surface area contributed by atoms with Crippen LogP contribution < -0.4 is 15.5 Å². The molecular weight excluding hydrogens is 238 g/mol. The number of aromatic nitrogens is 2. The van der Waals surface area contributed by atoms with Crippen LogP contribution >= 0.6 is 0 Å². The van der Waals surface area contributed by atoms with E-state index < -0.39 is 0 Å². The molecule has 1 fully saturated rings. The van der Waals surface area contributed by atoms with Crippen molar-refractivity contribution in [1.82, 2.24) is 15.3 Å². The van der Waals surface area contributed by atoms with Crippen molar-refractivity contribution in [3.05, 3.63) is 12.4 Å². The standard InChI is InChI=1S/C14H25N5/c1-11(2)19(3)14-7-13(17-10-18-14)16-9-12-5-4-6-15-8-12/h7,10-12,15H,4-6,8-9H2,1-3H3,(H,16,17,18). The maximum absolute atomic E-state index is 4.32. The molecule has 19 heavy (non-hydrogen) atoms. The molecule has 1 unspecified atom stereocenters. The van der Waals surface area contributed by atoms with Crippen LogP contribution in [0.4, 0.5) is 11.6 Å². The van der Waals surface area contributed by atoms with Crippen LogP contribution in [0.2, 0.25) is 0 Å². The normalized spacial score (nSPS) is 19.5. The second-order valence-electron chi connectivity index (χ2n) is 5.56. The quantitative estimate of drug-likeness (QED) is 0.847. The number of rotatable bonds is 5. The van der Waals surface area contributed by atoms with Crippen LogP contribution in [0.5, 0.6) is 0 Å². The molecule has 2 rings (SSSR count). The molecule has 106 valence electrons. The third kappa shape index (κ3) is 4.06. The van der Waals surface area contributed by atoms with E-state index in [0.717, 1.165) is 31.3 Å². The lowest BCUT2D eigenvalue weighted by Crippen LogP contribution is -2.33. The second-order valence-corrected chi connectivity index (χ2v) is 5.56. The highest BCUT2D eigenvalue weighted by Crippen LogP contribution is 2.16. The largest absolute Gasteiger partial charge is 0.370 e. The van der Waals surface area contributed by atoms with E-state index in [1.54, 1.807) is 6.33 Å². The van der Waals surface area contributed by atoms with Crippen molar-refractivity contribution >= 4 is 11.6 Å². The summed E-state index contributed by atoms with van der Waals surface area (Å²) in [4.78, 5) is 10.8. The van der Waals surface area contributed by atoms with Crippen molar-refractivity contribution in [3.8, 4) is 0 Å². The number of hydrogen-bond donors (Lipinski definition) is 2. The van der Waals surface area contributed by atoms with E-state index in [2.05, 4.69) is 46.4 Å². The molecule has 1 aliphatic heterocycles. The van der Waals surface area contributed by atoms with Crippen LogP contribution in [-0.4, -0.2) is 42.7 Å². The number of nitrogens with one attached hydrogen (secondary N) is 2. The smallest absolute Gasteiger partial charge is 0.134 e. The Balaban J connectivity index is 1.91.